The van der Waals surface area contributed by atoms with Gasteiger partial charge in [0.15, 0.2) is 0 Å². The average molecular weight is 239 g/mol. The van der Waals surface area contributed by atoms with Crippen molar-refractivity contribution < 1.29 is 22.3 Å². The highest BCUT2D eigenvalue weighted by molar-refractivity contribution is 7.94. The molecule has 0 amide bonds. The number of nitro benzene ring substituents is 1. The minimum atomic E-state index is -4.73. The Bertz CT molecular complexity index is 351. The van der Waals surface area contributed by atoms with Crippen molar-refractivity contribution in [1.82, 2.24) is 0 Å². The standard InChI is InChI=1S/C7H4F3NO3S/c8-7(9,10)14-15-6-3-1-5(2-4-6)11(12)13/h1-4H. The Morgan fingerprint density at radius 2 is 1.80 bits per heavy atom. The van der Waals surface area contributed by atoms with Gasteiger partial charge in [-0.1, -0.05) is 0 Å². The second-order valence-electron chi connectivity index (χ2n) is 2.36. The Labute approximate surface area is 86.4 Å². The second-order valence-corrected chi connectivity index (χ2v) is 3.17. The number of rotatable bonds is 3. The predicted molar refractivity (Wildman–Crippen MR) is 46.1 cm³/mol. The predicted octanol–water partition coefficient (Wildman–Crippen LogP) is 3.14. The summed E-state index contributed by atoms with van der Waals surface area (Å²) in [4.78, 5) is 9.71. The van der Waals surface area contributed by atoms with Gasteiger partial charge in [0.2, 0.25) is 0 Å². The summed E-state index contributed by atoms with van der Waals surface area (Å²) >= 11 is 0.100. The van der Waals surface area contributed by atoms with Crippen LogP contribution in [0, 0.1) is 10.1 Å². The molecule has 0 saturated heterocycles. The molecule has 0 fully saturated rings. The third kappa shape index (κ3) is 4.17. The van der Waals surface area contributed by atoms with Crippen LogP contribution >= 0.6 is 12.0 Å². The van der Waals surface area contributed by atoms with Gasteiger partial charge >= 0.3 is 6.36 Å². The zero-order valence-corrected chi connectivity index (χ0v) is 7.84. The van der Waals surface area contributed by atoms with Gasteiger partial charge in [0.25, 0.3) is 5.69 Å². The van der Waals surface area contributed by atoms with E-state index < -0.39 is 11.3 Å². The van der Waals surface area contributed by atoms with E-state index in [0.29, 0.717) is 0 Å². The fraction of sp³-hybridized carbons (Fsp3) is 0.143. The molecule has 0 radical (unpaired) electrons. The van der Waals surface area contributed by atoms with Gasteiger partial charge in [0, 0.05) is 29.1 Å². The molecule has 0 atom stereocenters. The lowest BCUT2D eigenvalue weighted by Crippen LogP contribution is -2.07. The molecule has 0 aromatic heterocycles. The number of hydrogen-bond donors (Lipinski definition) is 0. The Morgan fingerprint density at radius 3 is 2.20 bits per heavy atom. The molecule has 0 N–H and O–H groups in total. The zero-order valence-electron chi connectivity index (χ0n) is 7.02. The fourth-order valence-electron chi connectivity index (χ4n) is 0.719. The fourth-order valence-corrected chi connectivity index (χ4v) is 1.16. The molecule has 0 spiro atoms. The monoisotopic (exact) mass is 239 g/mol. The van der Waals surface area contributed by atoms with Crippen molar-refractivity contribution in [2.45, 2.75) is 11.3 Å². The molecule has 0 unspecified atom stereocenters. The number of non-ortho nitro benzene ring substituents is 1. The molecule has 0 aliphatic rings. The Morgan fingerprint density at radius 1 is 1.27 bits per heavy atom. The van der Waals surface area contributed by atoms with Crippen molar-refractivity contribution in [2.24, 2.45) is 0 Å². The van der Waals surface area contributed by atoms with E-state index >= 15 is 0 Å². The van der Waals surface area contributed by atoms with Crippen LogP contribution in [0.3, 0.4) is 0 Å². The minimum absolute atomic E-state index is 0.100. The first kappa shape index (κ1) is 11.8. The van der Waals surface area contributed by atoms with Crippen LogP contribution in [-0.2, 0) is 4.18 Å². The van der Waals surface area contributed by atoms with E-state index in [0.717, 1.165) is 12.1 Å². The van der Waals surface area contributed by atoms with Crippen molar-refractivity contribution in [3.8, 4) is 0 Å². The van der Waals surface area contributed by atoms with Crippen LogP contribution in [0.25, 0.3) is 0 Å². The van der Waals surface area contributed by atoms with Gasteiger partial charge in [-0.15, -0.1) is 13.2 Å². The van der Waals surface area contributed by atoms with E-state index in [1.807, 2.05) is 0 Å². The largest absolute Gasteiger partial charge is 0.533 e. The summed E-state index contributed by atoms with van der Waals surface area (Å²) < 4.78 is 38.3. The van der Waals surface area contributed by atoms with Crippen molar-refractivity contribution in [1.29, 1.82) is 0 Å². The average Bonchev–Trinajstić information content (AvgIpc) is 2.14. The van der Waals surface area contributed by atoms with Gasteiger partial charge in [0.05, 0.1) is 4.92 Å². The van der Waals surface area contributed by atoms with E-state index in [1.165, 1.54) is 12.1 Å². The van der Waals surface area contributed by atoms with Crippen LogP contribution in [0.1, 0.15) is 0 Å². The molecule has 0 heterocycles. The number of alkyl halides is 3. The molecule has 1 aromatic rings. The van der Waals surface area contributed by atoms with E-state index in [4.69, 9.17) is 0 Å². The quantitative estimate of drug-likeness (QED) is 0.462. The third-order valence-corrected chi connectivity index (χ3v) is 2.02. The first-order valence-corrected chi connectivity index (χ1v) is 4.29. The number of benzene rings is 1. The first-order chi connectivity index (χ1) is 6.88. The smallest absolute Gasteiger partial charge is 0.258 e. The molecule has 0 aliphatic heterocycles. The van der Waals surface area contributed by atoms with Crippen LogP contribution < -0.4 is 0 Å². The van der Waals surface area contributed by atoms with Crippen LogP contribution in [-0.4, -0.2) is 11.3 Å². The van der Waals surface area contributed by atoms with Crippen molar-refractivity contribution in [3.63, 3.8) is 0 Å². The van der Waals surface area contributed by atoms with Crippen molar-refractivity contribution in [3.05, 3.63) is 34.4 Å². The zero-order chi connectivity index (χ0) is 11.5. The molecule has 82 valence electrons. The molecule has 1 rings (SSSR count). The van der Waals surface area contributed by atoms with Gasteiger partial charge in [0.1, 0.15) is 0 Å². The van der Waals surface area contributed by atoms with Crippen LogP contribution in [0.15, 0.2) is 29.2 Å². The highest BCUT2D eigenvalue weighted by atomic mass is 32.2. The third-order valence-electron chi connectivity index (χ3n) is 1.28. The Kier molecular flexibility index (Phi) is 3.53. The second kappa shape index (κ2) is 4.49. The van der Waals surface area contributed by atoms with Gasteiger partial charge in [-0.2, -0.15) is 0 Å². The highest BCUT2D eigenvalue weighted by Crippen LogP contribution is 2.29. The number of halogens is 3. The van der Waals surface area contributed by atoms with Crippen LogP contribution in [0.2, 0.25) is 0 Å². The van der Waals surface area contributed by atoms with Crippen molar-refractivity contribution >= 4 is 17.7 Å². The molecular formula is C7H4F3NO3S. The van der Waals surface area contributed by atoms with E-state index in [-0.39, 0.29) is 22.6 Å². The lowest BCUT2D eigenvalue weighted by molar-refractivity contribution is -0.384. The van der Waals surface area contributed by atoms with Gasteiger partial charge in [-0.25, -0.2) is 4.18 Å². The molecule has 1 aromatic carbocycles. The molecular weight excluding hydrogens is 235 g/mol. The molecule has 8 heteroatoms. The summed E-state index contributed by atoms with van der Waals surface area (Å²) in [6, 6.07) is 4.55. The number of hydrogen-bond acceptors (Lipinski definition) is 4. The van der Waals surface area contributed by atoms with Crippen LogP contribution in [0.4, 0.5) is 18.9 Å². The summed E-state index contributed by atoms with van der Waals surface area (Å²) in [6.45, 7) is 0. The number of nitrogens with zero attached hydrogens (tertiary/aromatic N) is 1. The molecule has 4 nitrogen and oxygen atoms in total. The SMILES string of the molecule is O=[N+]([O-])c1ccc(SOC(F)(F)F)cc1. The normalized spacial score (nSPS) is 11.4. The van der Waals surface area contributed by atoms with Gasteiger partial charge < -0.3 is 0 Å². The topological polar surface area (TPSA) is 52.4 Å². The molecule has 15 heavy (non-hydrogen) atoms. The van der Waals surface area contributed by atoms with E-state index in [9.17, 15) is 23.3 Å². The number of nitro groups is 1. The minimum Gasteiger partial charge on any atom is -0.258 e. The van der Waals surface area contributed by atoms with E-state index in [1.54, 1.807) is 0 Å². The summed E-state index contributed by atoms with van der Waals surface area (Å²) in [7, 11) is 0. The highest BCUT2D eigenvalue weighted by Gasteiger charge is 2.30. The van der Waals surface area contributed by atoms with Gasteiger partial charge in [-0.05, 0) is 12.1 Å². The first-order valence-electron chi connectivity index (χ1n) is 3.55. The summed E-state index contributed by atoms with van der Waals surface area (Å²) in [5.41, 5.74) is -0.189. The molecule has 0 aliphatic carbocycles. The maximum atomic E-state index is 11.6. The van der Waals surface area contributed by atoms with Crippen molar-refractivity contribution in [2.75, 3.05) is 0 Å². The lowest BCUT2D eigenvalue weighted by atomic mass is 10.3. The lowest BCUT2D eigenvalue weighted by Gasteiger charge is -2.04. The molecule has 0 saturated carbocycles. The summed E-state index contributed by atoms with van der Waals surface area (Å²) in [5.74, 6) is 0. The van der Waals surface area contributed by atoms with Crippen LogP contribution in [0.5, 0.6) is 0 Å². The maximum absolute atomic E-state index is 11.6. The Hall–Kier alpha value is -1.28. The molecule has 0 bridgehead atoms. The van der Waals surface area contributed by atoms with Gasteiger partial charge in [-0.3, -0.25) is 10.1 Å². The summed E-state index contributed by atoms with van der Waals surface area (Å²) in [5, 5.41) is 10.2. The Balaban J connectivity index is 2.61. The maximum Gasteiger partial charge on any atom is 0.533 e. The summed E-state index contributed by atoms with van der Waals surface area (Å²) in [6.07, 6.45) is -4.73. The van der Waals surface area contributed by atoms with E-state index in [2.05, 4.69) is 4.18 Å².